The van der Waals surface area contributed by atoms with Crippen molar-refractivity contribution in [2.24, 2.45) is 0 Å². The van der Waals surface area contributed by atoms with E-state index in [0.717, 1.165) is 37.0 Å². The van der Waals surface area contributed by atoms with Crippen molar-refractivity contribution in [2.45, 2.75) is 37.8 Å². The molecule has 0 aromatic heterocycles. The third kappa shape index (κ3) is 4.70. The zero-order chi connectivity index (χ0) is 17.8. The van der Waals surface area contributed by atoms with Crippen LogP contribution in [0.1, 0.15) is 36.0 Å². The van der Waals surface area contributed by atoms with Crippen molar-refractivity contribution in [1.29, 1.82) is 0 Å². The summed E-state index contributed by atoms with van der Waals surface area (Å²) in [5.74, 6) is -0.235. The van der Waals surface area contributed by atoms with Crippen LogP contribution >= 0.6 is 0 Å². The van der Waals surface area contributed by atoms with Crippen LogP contribution in [0, 0.1) is 0 Å². The molecule has 0 spiro atoms. The molecule has 1 aliphatic carbocycles. The van der Waals surface area contributed by atoms with Gasteiger partial charge in [-0.25, -0.2) is 9.86 Å². The lowest BCUT2D eigenvalue weighted by Crippen LogP contribution is -2.46. The first kappa shape index (κ1) is 17.7. The lowest BCUT2D eigenvalue weighted by Gasteiger charge is -2.32. The van der Waals surface area contributed by atoms with E-state index in [1.54, 1.807) is 31.3 Å². The van der Waals surface area contributed by atoms with Crippen molar-refractivity contribution in [1.82, 2.24) is 15.3 Å². The van der Waals surface area contributed by atoms with Crippen LogP contribution in [0.25, 0.3) is 0 Å². The highest BCUT2D eigenvalue weighted by molar-refractivity contribution is 5.94. The van der Waals surface area contributed by atoms with E-state index in [0.29, 0.717) is 11.3 Å². The third-order valence-corrected chi connectivity index (χ3v) is 4.88. The number of hydrogen-bond donors (Lipinski definition) is 2. The number of benzene rings is 1. The van der Waals surface area contributed by atoms with Crippen LogP contribution in [0.15, 0.2) is 24.3 Å². The van der Waals surface area contributed by atoms with E-state index in [9.17, 15) is 9.59 Å². The minimum absolute atomic E-state index is 0.196. The third-order valence-electron chi connectivity index (χ3n) is 4.88. The van der Waals surface area contributed by atoms with Crippen LogP contribution in [0.2, 0.25) is 0 Å². The summed E-state index contributed by atoms with van der Waals surface area (Å²) in [4.78, 5) is 31.5. The smallest absolute Gasteiger partial charge is 0.319 e. The van der Waals surface area contributed by atoms with Crippen molar-refractivity contribution in [3.63, 3.8) is 0 Å². The van der Waals surface area contributed by atoms with Crippen LogP contribution < -0.4 is 10.6 Å². The molecule has 1 aromatic rings. The number of urea groups is 1. The summed E-state index contributed by atoms with van der Waals surface area (Å²) in [5, 5.41) is 7.02. The Morgan fingerprint density at radius 1 is 1.12 bits per heavy atom. The van der Waals surface area contributed by atoms with Gasteiger partial charge in [-0.3, -0.25) is 9.63 Å². The van der Waals surface area contributed by atoms with Crippen LogP contribution in [0.3, 0.4) is 0 Å². The molecule has 0 unspecified atom stereocenters. The van der Waals surface area contributed by atoms with Gasteiger partial charge in [0.25, 0.3) is 5.91 Å². The highest BCUT2D eigenvalue weighted by Crippen LogP contribution is 2.29. The van der Waals surface area contributed by atoms with Crippen LogP contribution in [0.4, 0.5) is 10.5 Å². The van der Waals surface area contributed by atoms with Gasteiger partial charge in [0.15, 0.2) is 0 Å². The Labute approximate surface area is 148 Å². The normalized spacial score (nSPS) is 18.6. The fourth-order valence-corrected chi connectivity index (χ4v) is 3.16. The lowest BCUT2D eigenvalue weighted by molar-refractivity contribution is -0.0756. The van der Waals surface area contributed by atoms with Crippen LogP contribution in [0.5, 0.6) is 0 Å². The summed E-state index contributed by atoms with van der Waals surface area (Å²) >= 11 is 0. The summed E-state index contributed by atoms with van der Waals surface area (Å²) in [6, 6.07) is 7.60. The zero-order valence-corrected chi connectivity index (χ0v) is 14.8. The van der Waals surface area contributed by atoms with Gasteiger partial charge in [-0.2, -0.15) is 0 Å². The molecular weight excluding hydrogens is 320 g/mol. The fraction of sp³-hybridized carbons (Fsp3) is 0.556. The molecule has 0 atom stereocenters. The van der Waals surface area contributed by atoms with Gasteiger partial charge in [-0.1, -0.05) is 0 Å². The molecule has 1 aliphatic heterocycles. The molecule has 2 N–H and O–H groups in total. The van der Waals surface area contributed by atoms with Gasteiger partial charge in [0.2, 0.25) is 0 Å². The second-order valence-corrected chi connectivity index (χ2v) is 6.70. The molecule has 3 rings (SSSR count). The first-order valence-electron chi connectivity index (χ1n) is 8.80. The number of amides is 3. The number of carbonyl (C=O) groups excluding carboxylic acids is 2. The number of nitrogens with one attached hydrogen (secondary N) is 2. The topological polar surface area (TPSA) is 73.9 Å². The number of nitrogens with zero attached hydrogens (tertiary/aromatic N) is 2. The van der Waals surface area contributed by atoms with Crippen LogP contribution in [-0.2, 0) is 4.84 Å². The first-order valence-corrected chi connectivity index (χ1v) is 8.80. The molecule has 3 amide bonds. The predicted octanol–water partition coefficient (Wildman–Crippen LogP) is 2.07. The lowest BCUT2D eigenvalue weighted by atomic mass is 10.1. The average molecular weight is 346 g/mol. The molecule has 2 fully saturated rings. The number of carbonyl (C=O) groups is 2. The number of rotatable bonds is 5. The zero-order valence-electron chi connectivity index (χ0n) is 14.8. The highest BCUT2D eigenvalue weighted by Gasteiger charge is 2.32. The molecule has 25 heavy (non-hydrogen) atoms. The maximum Gasteiger partial charge on any atom is 0.319 e. The molecule has 1 heterocycles. The summed E-state index contributed by atoms with van der Waals surface area (Å²) < 4.78 is 0. The standard InChI is InChI=1S/C18H26N4O3/c1-21(25-2)17(23)13-3-5-14(6-4-13)19-18(24)20-15-9-11-22(12-10-15)16-7-8-16/h3-6,15-16H,7-12H2,1-2H3,(H2,19,20,24). The van der Waals surface area contributed by atoms with E-state index < -0.39 is 0 Å². The monoisotopic (exact) mass is 346 g/mol. The Hall–Kier alpha value is -2.12. The molecule has 7 heteroatoms. The van der Waals surface area contributed by atoms with Gasteiger partial charge < -0.3 is 15.5 Å². The highest BCUT2D eigenvalue weighted by atomic mass is 16.7. The number of likely N-dealkylation sites (tertiary alicyclic amines) is 1. The van der Waals surface area contributed by atoms with Gasteiger partial charge in [0.05, 0.1) is 7.11 Å². The Morgan fingerprint density at radius 2 is 1.76 bits per heavy atom. The summed E-state index contributed by atoms with van der Waals surface area (Å²) in [5.41, 5.74) is 1.16. The maximum atomic E-state index is 12.2. The average Bonchev–Trinajstić information content (AvgIpc) is 3.47. The Balaban J connectivity index is 1.45. The van der Waals surface area contributed by atoms with Gasteiger partial charge in [-0.15, -0.1) is 0 Å². The van der Waals surface area contributed by atoms with Crippen LogP contribution in [-0.4, -0.2) is 61.2 Å². The van der Waals surface area contributed by atoms with E-state index in [1.165, 1.54) is 20.0 Å². The molecular formula is C18H26N4O3. The molecule has 1 saturated carbocycles. The fourth-order valence-electron chi connectivity index (χ4n) is 3.16. The summed E-state index contributed by atoms with van der Waals surface area (Å²) in [7, 11) is 2.99. The van der Waals surface area contributed by atoms with Crippen molar-refractivity contribution in [2.75, 3.05) is 32.6 Å². The van der Waals surface area contributed by atoms with E-state index in [4.69, 9.17) is 4.84 Å². The Kier molecular flexibility index (Phi) is 5.55. The van der Waals surface area contributed by atoms with Crippen molar-refractivity contribution >= 4 is 17.6 Å². The second kappa shape index (κ2) is 7.84. The molecule has 0 radical (unpaired) electrons. The van der Waals surface area contributed by atoms with Crippen molar-refractivity contribution < 1.29 is 14.4 Å². The number of hydroxylamine groups is 2. The molecule has 1 saturated heterocycles. The minimum atomic E-state index is -0.235. The van der Waals surface area contributed by atoms with Crippen molar-refractivity contribution in [3.05, 3.63) is 29.8 Å². The van der Waals surface area contributed by atoms with Gasteiger partial charge in [-0.05, 0) is 49.9 Å². The van der Waals surface area contributed by atoms with Crippen molar-refractivity contribution in [3.8, 4) is 0 Å². The van der Waals surface area contributed by atoms with Gasteiger partial charge >= 0.3 is 6.03 Å². The van der Waals surface area contributed by atoms with Gasteiger partial charge in [0, 0.05) is 43.5 Å². The number of hydrogen-bond acceptors (Lipinski definition) is 4. The summed E-state index contributed by atoms with van der Waals surface area (Å²) in [6.07, 6.45) is 4.66. The van der Waals surface area contributed by atoms with E-state index >= 15 is 0 Å². The predicted molar refractivity (Wildman–Crippen MR) is 95.3 cm³/mol. The Bertz CT molecular complexity index is 607. The molecule has 1 aromatic carbocycles. The quantitative estimate of drug-likeness (QED) is 0.801. The number of piperidine rings is 1. The molecule has 2 aliphatic rings. The van der Waals surface area contributed by atoms with E-state index in [-0.39, 0.29) is 18.0 Å². The largest absolute Gasteiger partial charge is 0.335 e. The second-order valence-electron chi connectivity index (χ2n) is 6.70. The molecule has 7 nitrogen and oxygen atoms in total. The van der Waals surface area contributed by atoms with E-state index in [1.807, 2.05) is 0 Å². The molecule has 0 bridgehead atoms. The number of anilines is 1. The first-order chi connectivity index (χ1) is 12.1. The Morgan fingerprint density at radius 3 is 2.32 bits per heavy atom. The maximum absolute atomic E-state index is 12.2. The molecule has 136 valence electrons. The van der Waals surface area contributed by atoms with E-state index in [2.05, 4.69) is 15.5 Å². The summed E-state index contributed by atoms with van der Waals surface area (Å²) in [6.45, 7) is 2.14. The van der Waals surface area contributed by atoms with Gasteiger partial charge in [0.1, 0.15) is 0 Å². The minimum Gasteiger partial charge on any atom is -0.335 e. The SMILES string of the molecule is CON(C)C(=O)c1ccc(NC(=O)NC2CCN(C3CC3)CC2)cc1.